The number of hydrogen-bond donors (Lipinski definition) is 1. The molecule has 1 aromatic carbocycles. The van der Waals surface area contributed by atoms with Crippen LogP contribution in [-0.4, -0.2) is 18.9 Å². The zero-order valence-electron chi connectivity index (χ0n) is 14.1. The molecule has 1 N–H and O–H groups in total. The Hall–Kier alpha value is -1.61. The van der Waals surface area contributed by atoms with Gasteiger partial charge in [-0.3, -0.25) is 4.99 Å². The number of ether oxygens (including phenoxy) is 1. The highest BCUT2D eigenvalue weighted by Crippen LogP contribution is 2.38. The van der Waals surface area contributed by atoms with Crippen LogP contribution < -0.4 is 10.1 Å². The van der Waals surface area contributed by atoms with Gasteiger partial charge < -0.3 is 10.1 Å². The van der Waals surface area contributed by atoms with Crippen molar-refractivity contribution in [1.29, 1.82) is 0 Å². The van der Waals surface area contributed by atoms with Crippen molar-refractivity contribution < 1.29 is 4.74 Å². The molecule has 1 saturated carbocycles. The molecule has 0 amide bonds. The molecule has 0 aromatic heterocycles. The lowest BCUT2D eigenvalue weighted by Crippen LogP contribution is -2.27. The van der Waals surface area contributed by atoms with E-state index in [0.29, 0.717) is 12.0 Å². The summed E-state index contributed by atoms with van der Waals surface area (Å²) in [4.78, 5) is 4.52. The zero-order chi connectivity index (χ0) is 15.8. The van der Waals surface area contributed by atoms with Crippen molar-refractivity contribution in [3.05, 3.63) is 34.9 Å². The summed E-state index contributed by atoms with van der Waals surface area (Å²) in [7, 11) is 0. The maximum absolute atomic E-state index is 6.54. The van der Waals surface area contributed by atoms with E-state index in [4.69, 9.17) is 4.74 Å². The number of nitrogens with one attached hydrogen (secondary N) is 1. The molecule has 3 nitrogen and oxygen atoms in total. The van der Waals surface area contributed by atoms with Crippen LogP contribution >= 0.6 is 0 Å². The van der Waals surface area contributed by atoms with E-state index in [9.17, 15) is 0 Å². The standard InChI is InChI=1S/C20H26N2O/c1-13-5-6-19(14(13)2)23-20-11-16(18-4-3-8-22-18)10-15-7-9-21-12-17(15)20/h4,8,10-11,13-14,19,21H,3,5-7,9,12H2,1-2H3/t13-,14-,19-/m0/s1. The third kappa shape index (κ3) is 2.83. The highest BCUT2D eigenvalue weighted by atomic mass is 16.5. The summed E-state index contributed by atoms with van der Waals surface area (Å²) in [5.41, 5.74) is 5.10. The van der Waals surface area contributed by atoms with Gasteiger partial charge in [-0.15, -0.1) is 0 Å². The molecule has 0 spiro atoms. The molecule has 23 heavy (non-hydrogen) atoms. The number of benzene rings is 1. The number of allylic oxidation sites excluding steroid dienone is 1. The Balaban J connectivity index is 1.69. The lowest BCUT2D eigenvalue weighted by atomic mass is 9.95. The van der Waals surface area contributed by atoms with Crippen LogP contribution in [0.5, 0.6) is 5.75 Å². The zero-order valence-corrected chi connectivity index (χ0v) is 14.1. The highest BCUT2D eigenvalue weighted by molar-refractivity contribution is 5.81. The van der Waals surface area contributed by atoms with Crippen LogP contribution in [0.4, 0.5) is 0 Å². The van der Waals surface area contributed by atoms with Crippen LogP contribution in [0.2, 0.25) is 0 Å². The third-order valence-corrected chi connectivity index (χ3v) is 5.79. The van der Waals surface area contributed by atoms with Gasteiger partial charge in [0, 0.05) is 30.3 Å². The van der Waals surface area contributed by atoms with Crippen molar-refractivity contribution in [2.45, 2.75) is 52.2 Å². The molecule has 3 atom stereocenters. The molecular weight excluding hydrogens is 284 g/mol. The smallest absolute Gasteiger partial charge is 0.125 e. The normalized spacial score (nSPS) is 29.5. The minimum absolute atomic E-state index is 0.354. The average Bonchev–Trinajstić information content (AvgIpc) is 3.21. The lowest BCUT2D eigenvalue weighted by molar-refractivity contribution is 0.153. The first-order valence-electron chi connectivity index (χ1n) is 8.98. The number of fused-ring (bicyclic) bond motifs is 1. The fraction of sp³-hybridized carbons (Fsp3) is 0.550. The van der Waals surface area contributed by atoms with Crippen LogP contribution in [0, 0.1) is 11.8 Å². The third-order valence-electron chi connectivity index (χ3n) is 5.79. The van der Waals surface area contributed by atoms with Crippen molar-refractivity contribution in [1.82, 2.24) is 5.32 Å². The molecule has 122 valence electrons. The summed E-state index contributed by atoms with van der Waals surface area (Å²) in [5.74, 6) is 2.48. The Morgan fingerprint density at radius 3 is 2.87 bits per heavy atom. The molecule has 0 unspecified atom stereocenters. The van der Waals surface area contributed by atoms with Gasteiger partial charge in [0.2, 0.25) is 0 Å². The Morgan fingerprint density at radius 2 is 2.13 bits per heavy atom. The monoisotopic (exact) mass is 310 g/mol. The van der Waals surface area contributed by atoms with Gasteiger partial charge in [0.15, 0.2) is 0 Å². The summed E-state index contributed by atoms with van der Waals surface area (Å²) >= 11 is 0. The van der Waals surface area contributed by atoms with E-state index in [-0.39, 0.29) is 0 Å². The maximum Gasteiger partial charge on any atom is 0.125 e. The molecule has 1 fully saturated rings. The number of hydrogen-bond acceptors (Lipinski definition) is 3. The molecule has 2 heterocycles. The van der Waals surface area contributed by atoms with Gasteiger partial charge in [0.25, 0.3) is 0 Å². The molecule has 3 heteroatoms. The maximum atomic E-state index is 6.54. The van der Waals surface area contributed by atoms with Crippen molar-refractivity contribution in [3.63, 3.8) is 0 Å². The minimum atomic E-state index is 0.354. The quantitative estimate of drug-likeness (QED) is 0.917. The number of rotatable bonds is 3. The molecule has 3 aliphatic rings. The van der Waals surface area contributed by atoms with Crippen molar-refractivity contribution in [3.8, 4) is 5.75 Å². The van der Waals surface area contributed by atoms with E-state index >= 15 is 0 Å². The van der Waals surface area contributed by atoms with E-state index in [0.717, 1.165) is 43.3 Å². The summed E-state index contributed by atoms with van der Waals surface area (Å²) in [6.45, 7) is 6.65. The van der Waals surface area contributed by atoms with Crippen LogP contribution in [0.1, 0.15) is 49.8 Å². The second-order valence-electron chi connectivity index (χ2n) is 7.25. The van der Waals surface area contributed by atoms with Crippen molar-refractivity contribution in [2.75, 3.05) is 6.54 Å². The van der Waals surface area contributed by atoms with Crippen LogP contribution in [0.3, 0.4) is 0 Å². The van der Waals surface area contributed by atoms with E-state index in [1.54, 1.807) is 0 Å². The van der Waals surface area contributed by atoms with Gasteiger partial charge in [0.1, 0.15) is 11.9 Å². The first kappa shape index (κ1) is 14.9. The summed E-state index contributed by atoms with van der Waals surface area (Å²) in [5, 5.41) is 3.49. The van der Waals surface area contributed by atoms with Crippen LogP contribution in [-0.2, 0) is 13.0 Å². The van der Waals surface area contributed by atoms with Crippen LogP contribution in [0.15, 0.2) is 23.2 Å². The van der Waals surface area contributed by atoms with Crippen molar-refractivity contribution >= 4 is 11.9 Å². The molecule has 0 bridgehead atoms. The van der Waals surface area contributed by atoms with Crippen LogP contribution in [0.25, 0.3) is 5.70 Å². The fourth-order valence-electron chi connectivity index (χ4n) is 4.03. The predicted octanol–water partition coefficient (Wildman–Crippen LogP) is 3.96. The molecular formula is C20H26N2O. The predicted molar refractivity (Wildman–Crippen MR) is 94.9 cm³/mol. The Kier molecular flexibility index (Phi) is 3.98. The molecule has 0 radical (unpaired) electrons. The average molecular weight is 310 g/mol. The first-order valence-corrected chi connectivity index (χ1v) is 8.98. The minimum Gasteiger partial charge on any atom is -0.490 e. The summed E-state index contributed by atoms with van der Waals surface area (Å²) in [6, 6.07) is 4.54. The Labute approximate surface area is 138 Å². The van der Waals surface area contributed by atoms with E-state index in [2.05, 4.69) is 42.4 Å². The topological polar surface area (TPSA) is 33.6 Å². The number of nitrogens with zero attached hydrogens (tertiary/aromatic N) is 1. The first-order chi connectivity index (χ1) is 11.2. The van der Waals surface area contributed by atoms with Gasteiger partial charge in [-0.2, -0.15) is 0 Å². The molecule has 1 aromatic rings. The highest BCUT2D eigenvalue weighted by Gasteiger charge is 2.32. The molecule has 1 aliphatic carbocycles. The lowest BCUT2D eigenvalue weighted by Gasteiger charge is -2.26. The van der Waals surface area contributed by atoms with Crippen molar-refractivity contribution in [2.24, 2.45) is 16.8 Å². The SMILES string of the molecule is C[C@@H]1[C@@H](Oc2cc(C3=CCC=N3)cc3c2CNCC3)CC[C@@H]1C. The van der Waals surface area contributed by atoms with Gasteiger partial charge in [-0.05, 0) is 55.3 Å². The van der Waals surface area contributed by atoms with E-state index in [1.165, 1.54) is 29.5 Å². The second kappa shape index (κ2) is 6.12. The molecule has 0 saturated heterocycles. The Bertz CT molecular complexity index is 662. The second-order valence-corrected chi connectivity index (χ2v) is 7.25. The summed E-state index contributed by atoms with van der Waals surface area (Å²) < 4.78 is 6.54. The van der Waals surface area contributed by atoms with Gasteiger partial charge in [0.05, 0.1) is 5.70 Å². The largest absolute Gasteiger partial charge is 0.490 e. The molecule has 4 rings (SSSR count). The van der Waals surface area contributed by atoms with E-state index in [1.807, 2.05) is 6.21 Å². The summed E-state index contributed by atoms with van der Waals surface area (Å²) in [6.07, 6.45) is 9.02. The van der Waals surface area contributed by atoms with E-state index < -0.39 is 0 Å². The Morgan fingerprint density at radius 1 is 1.22 bits per heavy atom. The fourth-order valence-corrected chi connectivity index (χ4v) is 4.03. The van der Waals surface area contributed by atoms with Gasteiger partial charge in [-0.1, -0.05) is 19.9 Å². The molecule has 2 aliphatic heterocycles. The van der Waals surface area contributed by atoms with Gasteiger partial charge >= 0.3 is 0 Å². The van der Waals surface area contributed by atoms with Gasteiger partial charge in [-0.25, -0.2) is 0 Å². The number of aliphatic imine (C=N–C) groups is 1.